The van der Waals surface area contributed by atoms with E-state index in [-0.39, 0.29) is 11.4 Å². The van der Waals surface area contributed by atoms with Crippen LogP contribution in [0.25, 0.3) is 0 Å². The summed E-state index contributed by atoms with van der Waals surface area (Å²) in [4.78, 5) is 24.9. The topological polar surface area (TPSA) is 134 Å². The Balaban J connectivity index is 1.78. The summed E-state index contributed by atoms with van der Waals surface area (Å²) in [5.74, 6) is -1.62. The van der Waals surface area contributed by atoms with Crippen LogP contribution in [-0.4, -0.2) is 64.6 Å². The lowest BCUT2D eigenvalue weighted by atomic mass is 10.1. The molecule has 3 rings (SSSR count). The summed E-state index contributed by atoms with van der Waals surface area (Å²) in [5.41, 5.74) is 2.83. The molecule has 0 aliphatic carbocycles. The third-order valence-corrected chi connectivity index (χ3v) is 5.90. The summed E-state index contributed by atoms with van der Waals surface area (Å²) in [6, 6.07) is 9.46. The molecule has 1 aliphatic heterocycles. The van der Waals surface area contributed by atoms with E-state index in [0.717, 1.165) is 12.3 Å². The quantitative estimate of drug-likeness (QED) is 0.344. The molecule has 13 heteroatoms. The van der Waals surface area contributed by atoms with Crippen molar-refractivity contribution in [2.75, 3.05) is 48.3 Å². The zero-order chi connectivity index (χ0) is 24.0. The standard InChI is InChI=1S/C20H22FN5O6S/c1-33(30,31)25(19-5-3-2-4-17(19)21)14-20(27)23-22-13-15-12-16(26(28)29)6-7-18(15)24-8-10-32-11-9-24/h2-7,12-13H,8-11,14H2,1H3,(H,23,27)/b22-13-. The smallest absolute Gasteiger partial charge is 0.270 e. The Morgan fingerprint density at radius 3 is 2.64 bits per heavy atom. The maximum absolute atomic E-state index is 14.1. The van der Waals surface area contributed by atoms with Crippen LogP contribution in [0.15, 0.2) is 47.6 Å². The first-order chi connectivity index (χ1) is 15.7. The summed E-state index contributed by atoms with van der Waals surface area (Å²) in [6.07, 6.45) is 2.09. The van der Waals surface area contributed by atoms with Crippen molar-refractivity contribution < 1.29 is 27.3 Å². The molecule has 0 saturated carbocycles. The van der Waals surface area contributed by atoms with Gasteiger partial charge in [-0.1, -0.05) is 12.1 Å². The fourth-order valence-corrected chi connectivity index (χ4v) is 4.08. The van der Waals surface area contributed by atoms with Gasteiger partial charge in [-0.05, 0) is 18.2 Å². The first kappa shape index (κ1) is 24.1. The van der Waals surface area contributed by atoms with Gasteiger partial charge in [-0.15, -0.1) is 0 Å². The molecule has 33 heavy (non-hydrogen) atoms. The Morgan fingerprint density at radius 2 is 2.00 bits per heavy atom. The number of nitrogens with zero attached hydrogens (tertiary/aromatic N) is 4. The number of rotatable bonds is 8. The first-order valence-corrected chi connectivity index (χ1v) is 11.7. The van der Waals surface area contributed by atoms with Crippen molar-refractivity contribution in [3.63, 3.8) is 0 Å². The summed E-state index contributed by atoms with van der Waals surface area (Å²) >= 11 is 0. The van der Waals surface area contributed by atoms with E-state index in [9.17, 15) is 27.7 Å². The van der Waals surface area contributed by atoms with E-state index < -0.39 is 33.2 Å². The van der Waals surface area contributed by atoms with Crippen molar-refractivity contribution in [3.8, 4) is 0 Å². The Kier molecular flexibility index (Phi) is 7.55. The Bertz CT molecular complexity index is 1170. The van der Waals surface area contributed by atoms with E-state index in [0.29, 0.717) is 41.9 Å². The van der Waals surface area contributed by atoms with Gasteiger partial charge in [0.1, 0.15) is 12.4 Å². The lowest BCUT2D eigenvalue weighted by molar-refractivity contribution is -0.384. The minimum atomic E-state index is -3.96. The predicted molar refractivity (Wildman–Crippen MR) is 120 cm³/mol. The second kappa shape index (κ2) is 10.4. The van der Waals surface area contributed by atoms with E-state index in [1.54, 1.807) is 6.07 Å². The number of nitrogens with one attached hydrogen (secondary N) is 1. The van der Waals surface area contributed by atoms with E-state index in [1.807, 2.05) is 4.90 Å². The van der Waals surface area contributed by atoms with Gasteiger partial charge in [0.05, 0.1) is 36.3 Å². The van der Waals surface area contributed by atoms with Crippen molar-refractivity contribution >= 4 is 39.2 Å². The molecule has 2 aromatic carbocycles. The highest BCUT2D eigenvalue weighted by molar-refractivity contribution is 7.92. The molecule has 1 aliphatic rings. The normalized spacial score (nSPS) is 14.3. The second-order valence-corrected chi connectivity index (χ2v) is 9.02. The number of para-hydroxylation sites is 1. The van der Waals surface area contributed by atoms with Crippen LogP contribution in [0.2, 0.25) is 0 Å². The van der Waals surface area contributed by atoms with Crippen LogP contribution in [-0.2, 0) is 19.6 Å². The summed E-state index contributed by atoms with van der Waals surface area (Å²) in [6.45, 7) is 1.46. The molecule has 1 N–H and O–H groups in total. The van der Waals surface area contributed by atoms with Crippen molar-refractivity contribution in [2.45, 2.75) is 0 Å². The van der Waals surface area contributed by atoms with E-state index in [2.05, 4.69) is 10.5 Å². The number of morpholine rings is 1. The largest absolute Gasteiger partial charge is 0.378 e. The van der Waals surface area contributed by atoms with Crippen LogP contribution >= 0.6 is 0 Å². The average Bonchev–Trinajstić information content (AvgIpc) is 2.78. The molecule has 1 saturated heterocycles. The van der Waals surface area contributed by atoms with Crippen molar-refractivity contribution in [1.29, 1.82) is 0 Å². The number of sulfonamides is 1. The highest BCUT2D eigenvalue weighted by Crippen LogP contribution is 2.25. The Labute approximate surface area is 189 Å². The Morgan fingerprint density at radius 1 is 1.30 bits per heavy atom. The molecular weight excluding hydrogens is 457 g/mol. The van der Waals surface area contributed by atoms with E-state index >= 15 is 0 Å². The van der Waals surface area contributed by atoms with Crippen LogP contribution in [0.4, 0.5) is 21.5 Å². The minimum absolute atomic E-state index is 0.150. The van der Waals surface area contributed by atoms with Gasteiger partial charge in [-0.3, -0.25) is 19.2 Å². The molecule has 1 fully saturated rings. The molecule has 0 bridgehead atoms. The maximum Gasteiger partial charge on any atom is 0.270 e. The van der Waals surface area contributed by atoms with Crippen LogP contribution in [0.5, 0.6) is 0 Å². The van der Waals surface area contributed by atoms with Crippen LogP contribution < -0.4 is 14.6 Å². The number of benzene rings is 2. The number of carbonyl (C=O) groups is 1. The monoisotopic (exact) mass is 479 g/mol. The fraction of sp³-hybridized carbons (Fsp3) is 0.300. The van der Waals surface area contributed by atoms with Gasteiger partial charge >= 0.3 is 0 Å². The summed E-state index contributed by atoms with van der Waals surface area (Å²) in [5, 5.41) is 15.0. The van der Waals surface area contributed by atoms with Gasteiger partial charge in [0.15, 0.2) is 0 Å². The molecule has 0 spiro atoms. The van der Waals surface area contributed by atoms with Crippen LogP contribution in [0, 0.1) is 15.9 Å². The molecule has 1 heterocycles. The van der Waals surface area contributed by atoms with Crippen LogP contribution in [0.3, 0.4) is 0 Å². The number of amides is 1. The predicted octanol–water partition coefficient (Wildman–Crippen LogP) is 1.49. The number of hydrogen-bond donors (Lipinski definition) is 1. The number of carbonyl (C=O) groups excluding carboxylic acids is 1. The zero-order valence-corrected chi connectivity index (χ0v) is 18.5. The molecule has 11 nitrogen and oxygen atoms in total. The van der Waals surface area contributed by atoms with E-state index in [1.165, 1.54) is 36.5 Å². The number of anilines is 2. The Hall–Kier alpha value is -3.58. The molecule has 0 atom stereocenters. The number of hydrogen-bond acceptors (Lipinski definition) is 8. The lowest BCUT2D eigenvalue weighted by Crippen LogP contribution is -2.39. The fourth-order valence-electron chi connectivity index (χ4n) is 3.23. The summed E-state index contributed by atoms with van der Waals surface area (Å²) in [7, 11) is -3.96. The van der Waals surface area contributed by atoms with Gasteiger partial charge in [-0.2, -0.15) is 5.10 Å². The second-order valence-electron chi connectivity index (χ2n) is 7.11. The summed E-state index contributed by atoms with van der Waals surface area (Å²) < 4.78 is 44.2. The number of nitro benzene ring substituents is 1. The zero-order valence-electron chi connectivity index (χ0n) is 17.7. The van der Waals surface area contributed by atoms with Crippen molar-refractivity contribution in [2.24, 2.45) is 5.10 Å². The number of ether oxygens (including phenoxy) is 1. The highest BCUT2D eigenvalue weighted by atomic mass is 32.2. The molecule has 176 valence electrons. The van der Waals surface area contributed by atoms with Gasteiger partial charge in [0.25, 0.3) is 11.6 Å². The number of halogens is 1. The SMILES string of the molecule is CS(=O)(=O)N(CC(=O)N/N=C\c1cc([N+](=O)[O-])ccc1N1CCOCC1)c1ccccc1F. The minimum Gasteiger partial charge on any atom is -0.378 e. The molecule has 2 aromatic rings. The van der Waals surface area contributed by atoms with E-state index in [4.69, 9.17) is 4.74 Å². The lowest BCUT2D eigenvalue weighted by Gasteiger charge is -2.29. The number of nitro groups is 1. The third-order valence-electron chi connectivity index (χ3n) is 4.78. The van der Waals surface area contributed by atoms with Crippen LogP contribution in [0.1, 0.15) is 5.56 Å². The number of hydrazone groups is 1. The average molecular weight is 479 g/mol. The van der Waals surface area contributed by atoms with Crippen molar-refractivity contribution in [1.82, 2.24) is 5.43 Å². The van der Waals surface area contributed by atoms with Gasteiger partial charge < -0.3 is 9.64 Å². The first-order valence-electron chi connectivity index (χ1n) is 9.82. The maximum atomic E-state index is 14.1. The van der Waals surface area contributed by atoms with Gasteiger partial charge in [0, 0.05) is 36.5 Å². The van der Waals surface area contributed by atoms with Crippen molar-refractivity contribution in [3.05, 3.63) is 64.0 Å². The molecule has 1 amide bonds. The number of non-ortho nitro benzene ring substituents is 1. The molecule has 0 radical (unpaired) electrons. The molecular formula is C20H22FN5O6S. The van der Waals surface area contributed by atoms with Gasteiger partial charge in [0.2, 0.25) is 10.0 Å². The van der Waals surface area contributed by atoms with Gasteiger partial charge in [-0.25, -0.2) is 18.2 Å². The highest BCUT2D eigenvalue weighted by Gasteiger charge is 2.23. The third kappa shape index (κ3) is 6.23. The molecule has 0 unspecified atom stereocenters. The molecule has 0 aromatic heterocycles.